The highest BCUT2D eigenvalue weighted by Gasteiger charge is 2.46. The highest BCUT2D eigenvalue weighted by molar-refractivity contribution is 9.10. The third-order valence-electron chi connectivity index (χ3n) is 8.86. The highest BCUT2D eigenvalue weighted by atomic mass is 79.9. The van der Waals surface area contributed by atoms with Crippen LogP contribution in [0.15, 0.2) is 77.3 Å². The Morgan fingerprint density at radius 3 is 2.17 bits per heavy atom. The Labute approximate surface area is 269 Å². The lowest BCUT2D eigenvalue weighted by Crippen LogP contribution is -2.44. The van der Waals surface area contributed by atoms with Crippen molar-refractivity contribution in [2.24, 2.45) is 0 Å². The molecule has 6 rings (SSSR count). The number of ether oxygens (including phenoxy) is 1. The first-order chi connectivity index (χ1) is 20.1. The highest BCUT2D eigenvalue weighted by Crippen LogP contribution is 2.53. The van der Waals surface area contributed by atoms with Gasteiger partial charge < -0.3 is 9.64 Å². The van der Waals surface area contributed by atoms with Gasteiger partial charge in [-0.1, -0.05) is 116 Å². The van der Waals surface area contributed by atoms with E-state index in [0.717, 1.165) is 51.9 Å². The van der Waals surface area contributed by atoms with E-state index in [2.05, 4.69) is 120 Å². The van der Waals surface area contributed by atoms with Crippen molar-refractivity contribution >= 4 is 58.1 Å². The topological polar surface area (TPSA) is 25.4 Å². The van der Waals surface area contributed by atoms with Crippen molar-refractivity contribution in [1.29, 1.82) is 0 Å². The molecule has 0 saturated carbocycles. The fourth-order valence-electron chi connectivity index (χ4n) is 6.66. The van der Waals surface area contributed by atoms with Crippen molar-refractivity contribution in [2.45, 2.75) is 77.0 Å². The van der Waals surface area contributed by atoms with Gasteiger partial charge in [0.2, 0.25) is 0 Å². The second-order valence-corrected chi connectivity index (χ2v) is 19.4. The van der Waals surface area contributed by atoms with Crippen molar-refractivity contribution in [3.63, 3.8) is 0 Å². The van der Waals surface area contributed by atoms with E-state index < -0.39 is 13.7 Å². The van der Waals surface area contributed by atoms with Crippen LogP contribution in [0.2, 0.25) is 29.8 Å². The number of nitrogens with zero attached hydrogens (tertiary/aromatic N) is 2. The van der Waals surface area contributed by atoms with Crippen LogP contribution in [-0.4, -0.2) is 13.1 Å². The summed E-state index contributed by atoms with van der Waals surface area (Å²) in [5, 5.41) is 2.35. The van der Waals surface area contributed by atoms with Gasteiger partial charge in [-0.15, -0.1) is 0 Å². The van der Waals surface area contributed by atoms with Gasteiger partial charge in [0.15, 0.2) is 0 Å². The molecule has 2 aliphatic rings. The molecular weight excluding hydrogens is 643 g/mol. The zero-order valence-electron chi connectivity index (χ0n) is 24.7. The summed E-state index contributed by atoms with van der Waals surface area (Å²) in [5.41, 5.74) is 7.80. The number of rotatable bonds is 6. The third kappa shape index (κ3) is 5.59. The lowest BCUT2D eigenvalue weighted by molar-refractivity contribution is -0.0874. The maximum absolute atomic E-state index is 7.03. The standard InChI is InChI=1S/C35H37BrCl2N2OSi/c1-23-17-18-35(19-28-27(22-41-35)32(37)33(34(38)39-28)42(2,3)4)30-26(23)15-16-29(31(30)36)40(20-24-11-7-5-8-12-24)21-25-13-9-6-10-14-25/h5-16,23H,17-22H2,1-4H3/t23-,35+/m0/s1. The molecule has 0 saturated heterocycles. The number of aromatic nitrogens is 1. The lowest BCUT2D eigenvalue weighted by atomic mass is 9.71. The summed E-state index contributed by atoms with van der Waals surface area (Å²) < 4.78 is 8.06. The maximum Gasteiger partial charge on any atom is 0.130 e. The molecule has 1 aromatic heterocycles. The minimum absolute atomic E-state index is 0.437. The number of hydrogen-bond acceptors (Lipinski definition) is 3. The number of hydrogen-bond donors (Lipinski definition) is 0. The van der Waals surface area contributed by atoms with Crippen molar-refractivity contribution in [3.8, 4) is 0 Å². The van der Waals surface area contributed by atoms with E-state index in [9.17, 15) is 0 Å². The van der Waals surface area contributed by atoms with E-state index in [-0.39, 0.29) is 0 Å². The Morgan fingerprint density at radius 2 is 1.57 bits per heavy atom. The molecule has 4 aromatic rings. The maximum atomic E-state index is 7.03. The van der Waals surface area contributed by atoms with E-state index >= 15 is 0 Å². The van der Waals surface area contributed by atoms with Crippen LogP contribution in [0.25, 0.3) is 0 Å². The number of pyridine rings is 1. The largest absolute Gasteiger partial charge is 0.365 e. The molecule has 7 heteroatoms. The van der Waals surface area contributed by atoms with Crippen molar-refractivity contribution in [1.82, 2.24) is 4.98 Å². The zero-order chi connectivity index (χ0) is 29.6. The Hall–Kier alpha value is -2.15. The van der Waals surface area contributed by atoms with Gasteiger partial charge in [-0.05, 0) is 62.6 Å². The average molecular weight is 681 g/mol. The number of halogens is 3. The van der Waals surface area contributed by atoms with E-state index in [1.165, 1.54) is 27.9 Å². The third-order valence-corrected chi connectivity index (χ3v) is 12.7. The Kier molecular flexibility index (Phi) is 8.36. The zero-order valence-corrected chi connectivity index (χ0v) is 28.8. The summed E-state index contributed by atoms with van der Waals surface area (Å²) in [6.07, 6.45) is 2.64. The normalized spacial score (nSPS) is 19.8. The molecule has 1 aliphatic carbocycles. The molecule has 0 radical (unpaired) electrons. The molecule has 218 valence electrons. The summed E-state index contributed by atoms with van der Waals surface area (Å²) >= 11 is 18.0. The van der Waals surface area contributed by atoms with Crippen LogP contribution >= 0.6 is 39.1 Å². The molecular formula is C35H37BrCl2N2OSi. The van der Waals surface area contributed by atoms with Crippen molar-refractivity contribution in [3.05, 3.63) is 121 Å². The molecule has 42 heavy (non-hydrogen) atoms. The summed E-state index contributed by atoms with van der Waals surface area (Å²) in [6.45, 7) is 11.1. The minimum atomic E-state index is -1.79. The SMILES string of the molecule is C[C@H]1CC[C@@]2(Cc3nc(Cl)c([Si](C)(C)C)c(Cl)c3CO2)c2c1ccc(N(Cc1ccccc1)Cc1ccccc1)c2Br. The molecule has 0 fully saturated rings. The molecule has 2 atom stereocenters. The molecule has 0 N–H and O–H groups in total. The van der Waals surface area contributed by atoms with Crippen LogP contribution < -0.4 is 10.1 Å². The second kappa shape index (κ2) is 11.7. The Balaban J connectivity index is 1.45. The van der Waals surface area contributed by atoms with Crippen LogP contribution in [-0.2, 0) is 36.5 Å². The molecule has 2 heterocycles. The second-order valence-electron chi connectivity index (χ2n) is 12.9. The Morgan fingerprint density at radius 1 is 0.952 bits per heavy atom. The van der Waals surface area contributed by atoms with Crippen LogP contribution in [0.5, 0.6) is 0 Å². The average Bonchev–Trinajstić information content (AvgIpc) is 2.95. The van der Waals surface area contributed by atoms with Gasteiger partial charge in [-0.25, -0.2) is 4.98 Å². The molecule has 0 amide bonds. The summed E-state index contributed by atoms with van der Waals surface area (Å²) in [5.74, 6) is 0.437. The van der Waals surface area contributed by atoms with E-state index in [1.807, 2.05) is 0 Å². The van der Waals surface area contributed by atoms with Crippen molar-refractivity contribution < 1.29 is 4.74 Å². The molecule has 1 aliphatic heterocycles. The first kappa shape index (κ1) is 29.9. The fraction of sp³-hybridized carbons (Fsp3) is 0.343. The van der Waals surface area contributed by atoms with Gasteiger partial charge in [0.1, 0.15) is 10.8 Å². The van der Waals surface area contributed by atoms with Crippen LogP contribution in [0, 0.1) is 0 Å². The van der Waals surface area contributed by atoms with E-state index in [0.29, 0.717) is 24.1 Å². The van der Waals surface area contributed by atoms with Crippen molar-refractivity contribution in [2.75, 3.05) is 4.90 Å². The smallest absolute Gasteiger partial charge is 0.130 e. The molecule has 3 aromatic carbocycles. The van der Waals surface area contributed by atoms with E-state index in [4.69, 9.17) is 32.9 Å². The van der Waals surface area contributed by atoms with Gasteiger partial charge >= 0.3 is 0 Å². The Bertz CT molecular complexity index is 1570. The van der Waals surface area contributed by atoms with Gasteiger partial charge in [0.25, 0.3) is 0 Å². The van der Waals surface area contributed by atoms with Crippen LogP contribution in [0.1, 0.15) is 59.2 Å². The predicted molar refractivity (Wildman–Crippen MR) is 182 cm³/mol. The fourth-order valence-corrected chi connectivity index (χ4v) is 11.3. The number of benzene rings is 3. The number of fused-ring (bicyclic) bond motifs is 3. The van der Waals surface area contributed by atoms with Gasteiger partial charge in [0.05, 0.1) is 31.1 Å². The number of anilines is 1. The summed E-state index contributed by atoms with van der Waals surface area (Å²) in [7, 11) is -1.79. The minimum Gasteiger partial charge on any atom is -0.365 e. The quantitative estimate of drug-likeness (QED) is 0.150. The molecule has 3 nitrogen and oxygen atoms in total. The first-order valence-corrected chi connectivity index (χ1v) is 19.8. The summed E-state index contributed by atoms with van der Waals surface area (Å²) in [4.78, 5) is 7.45. The first-order valence-electron chi connectivity index (χ1n) is 14.7. The van der Waals surface area contributed by atoms with Gasteiger partial charge in [-0.3, -0.25) is 0 Å². The van der Waals surface area contributed by atoms with Crippen LogP contribution in [0.4, 0.5) is 5.69 Å². The molecule has 0 bridgehead atoms. The molecule has 1 spiro atoms. The summed E-state index contributed by atoms with van der Waals surface area (Å²) in [6, 6.07) is 26.0. The predicted octanol–water partition coefficient (Wildman–Crippen LogP) is 9.77. The molecule has 0 unspecified atom stereocenters. The van der Waals surface area contributed by atoms with E-state index in [1.54, 1.807) is 0 Å². The monoisotopic (exact) mass is 678 g/mol. The lowest BCUT2D eigenvalue weighted by Gasteiger charge is -2.45. The van der Waals surface area contributed by atoms with Crippen LogP contribution in [0.3, 0.4) is 0 Å². The van der Waals surface area contributed by atoms with Gasteiger partial charge in [0, 0.05) is 35.1 Å². The van der Waals surface area contributed by atoms with Gasteiger partial charge in [-0.2, -0.15) is 0 Å².